The monoisotopic (exact) mass is 181 g/mol. The molecule has 1 aliphatic rings. The molecule has 0 N–H and O–H groups in total. The molecule has 2 nitrogen and oxygen atoms in total. The van der Waals surface area contributed by atoms with Gasteiger partial charge in [0.2, 0.25) is 5.91 Å². The van der Waals surface area contributed by atoms with Crippen molar-refractivity contribution in [1.82, 2.24) is 4.90 Å². The summed E-state index contributed by atoms with van der Waals surface area (Å²) < 4.78 is 0. The van der Waals surface area contributed by atoms with Crippen molar-refractivity contribution in [2.24, 2.45) is 5.92 Å². The normalized spacial score (nSPS) is 24.8. The minimum absolute atomic E-state index is 0.177. The summed E-state index contributed by atoms with van der Waals surface area (Å²) in [6.45, 7) is 5.98. The molecule has 0 saturated carbocycles. The third-order valence-electron chi connectivity index (χ3n) is 2.53. The molecule has 74 valence electrons. The first-order valence-electron chi connectivity index (χ1n) is 5.15. The van der Waals surface area contributed by atoms with Crippen LogP contribution in [0.1, 0.15) is 33.1 Å². The third-order valence-corrected chi connectivity index (χ3v) is 2.53. The maximum absolute atomic E-state index is 11.5. The lowest BCUT2D eigenvalue weighted by Crippen LogP contribution is -2.32. The molecule has 1 aliphatic heterocycles. The van der Waals surface area contributed by atoms with Crippen LogP contribution in [0.2, 0.25) is 0 Å². The van der Waals surface area contributed by atoms with Gasteiger partial charge in [-0.1, -0.05) is 19.4 Å². The number of hydrogen-bond acceptors (Lipinski definition) is 1. The minimum Gasteiger partial charge on any atom is -0.339 e. The predicted molar refractivity (Wildman–Crippen MR) is 54.4 cm³/mol. The van der Waals surface area contributed by atoms with Gasteiger partial charge >= 0.3 is 0 Å². The van der Waals surface area contributed by atoms with Crippen LogP contribution >= 0.6 is 0 Å². The number of carbonyl (C=O) groups excluding carboxylic acids is 1. The molecule has 0 radical (unpaired) electrons. The van der Waals surface area contributed by atoms with Gasteiger partial charge in [0, 0.05) is 13.1 Å². The van der Waals surface area contributed by atoms with E-state index in [1.165, 1.54) is 12.8 Å². The lowest BCUT2D eigenvalue weighted by molar-refractivity contribution is -0.126. The quantitative estimate of drug-likeness (QED) is 0.568. The molecule has 1 amide bonds. The van der Waals surface area contributed by atoms with E-state index < -0.39 is 0 Å². The summed E-state index contributed by atoms with van der Waals surface area (Å²) in [4.78, 5) is 13.5. The highest BCUT2D eigenvalue weighted by atomic mass is 16.2. The molecule has 0 aromatic heterocycles. The first kappa shape index (κ1) is 10.3. The maximum Gasteiger partial charge on any atom is 0.246 e. The van der Waals surface area contributed by atoms with Crippen molar-refractivity contribution < 1.29 is 4.79 Å². The summed E-state index contributed by atoms with van der Waals surface area (Å²) in [6, 6.07) is 0. The zero-order valence-corrected chi connectivity index (χ0v) is 8.62. The summed E-state index contributed by atoms with van der Waals surface area (Å²) in [5.41, 5.74) is 0. The molecule has 1 heterocycles. The zero-order chi connectivity index (χ0) is 9.68. The second-order valence-electron chi connectivity index (χ2n) is 3.89. The lowest BCUT2D eigenvalue weighted by Gasteiger charge is -2.20. The molecule has 0 aliphatic carbocycles. The number of nitrogens with zero attached hydrogens (tertiary/aromatic N) is 1. The van der Waals surface area contributed by atoms with E-state index in [9.17, 15) is 4.79 Å². The van der Waals surface area contributed by atoms with Gasteiger partial charge in [0.25, 0.3) is 0 Å². The molecule has 1 unspecified atom stereocenters. The highest BCUT2D eigenvalue weighted by molar-refractivity contribution is 5.87. The standard InChI is InChI=1S/C11H19NO/c1-3-6-11(13)12-8-5-4-7-10(2)9-12/h3,6,10H,4-5,7-9H2,1-2H3/b6-3+. The van der Waals surface area contributed by atoms with Crippen LogP contribution in [0.5, 0.6) is 0 Å². The second-order valence-corrected chi connectivity index (χ2v) is 3.89. The minimum atomic E-state index is 0.177. The molecule has 1 rings (SSSR count). The average molecular weight is 181 g/mol. The van der Waals surface area contributed by atoms with Gasteiger partial charge < -0.3 is 4.90 Å². The maximum atomic E-state index is 11.5. The fraction of sp³-hybridized carbons (Fsp3) is 0.727. The van der Waals surface area contributed by atoms with Crippen LogP contribution in [-0.2, 0) is 4.79 Å². The van der Waals surface area contributed by atoms with Crippen molar-refractivity contribution >= 4 is 5.91 Å². The number of rotatable bonds is 1. The second kappa shape index (κ2) is 5.05. The molecule has 0 aromatic carbocycles. The van der Waals surface area contributed by atoms with Crippen molar-refractivity contribution in [2.75, 3.05) is 13.1 Å². The summed E-state index contributed by atoms with van der Waals surface area (Å²) >= 11 is 0. The Kier molecular flexibility index (Phi) is 4.00. The van der Waals surface area contributed by atoms with Crippen molar-refractivity contribution in [2.45, 2.75) is 33.1 Å². The van der Waals surface area contributed by atoms with E-state index in [0.717, 1.165) is 19.5 Å². The Labute approximate surface area is 80.6 Å². The Morgan fingerprint density at radius 2 is 2.23 bits per heavy atom. The highest BCUT2D eigenvalue weighted by Crippen LogP contribution is 2.15. The Morgan fingerprint density at radius 1 is 1.46 bits per heavy atom. The first-order valence-corrected chi connectivity index (χ1v) is 5.15. The summed E-state index contributed by atoms with van der Waals surface area (Å²) in [5, 5.41) is 0. The number of hydrogen-bond donors (Lipinski definition) is 0. The SMILES string of the molecule is C/C=C/C(=O)N1CCCCC(C)C1. The van der Waals surface area contributed by atoms with Crippen LogP contribution in [0.3, 0.4) is 0 Å². The van der Waals surface area contributed by atoms with Crippen molar-refractivity contribution in [3.63, 3.8) is 0 Å². The molecule has 1 atom stereocenters. The molecule has 0 spiro atoms. The Morgan fingerprint density at radius 3 is 2.92 bits per heavy atom. The zero-order valence-electron chi connectivity index (χ0n) is 8.62. The van der Waals surface area contributed by atoms with Crippen molar-refractivity contribution in [3.8, 4) is 0 Å². The largest absolute Gasteiger partial charge is 0.339 e. The number of amides is 1. The van der Waals surface area contributed by atoms with E-state index in [1.807, 2.05) is 17.9 Å². The van der Waals surface area contributed by atoms with E-state index in [4.69, 9.17) is 0 Å². The van der Waals surface area contributed by atoms with Crippen LogP contribution in [0, 0.1) is 5.92 Å². The van der Waals surface area contributed by atoms with Crippen LogP contribution in [-0.4, -0.2) is 23.9 Å². The van der Waals surface area contributed by atoms with Gasteiger partial charge in [-0.05, 0) is 31.8 Å². The molecule has 0 aromatic rings. The van der Waals surface area contributed by atoms with Gasteiger partial charge in [-0.3, -0.25) is 4.79 Å². The molecule has 0 bridgehead atoms. The molecule has 1 fully saturated rings. The Hall–Kier alpha value is -0.790. The van der Waals surface area contributed by atoms with Gasteiger partial charge in [0.15, 0.2) is 0 Å². The number of allylic oxidation sites excluding steroid dienone is 1. The van der Waals surface area contributed by atoms with Gasteiger partial charge in [0.1, 0.15) is 0 Å². The smallest absolute Gasteiger partial charge is 0.246 e. The summed E-state index contributed by atoms with van der Waals surface area (Å²) in [6.07, 6.45) is 7.17. The van der Waals surface area contributed by atoms with Crippen molar-refractivity contribution in [1.29, 1.82) is 0 Å². The van der Waals surface area contributed by atoms with Gasteiger partial charge in [-0.2, -0.15) is 0 Å². The van der Waals surface area contributed by atoms with Crippen LogP contribution in [0.15, 0.2) is 12.2 Å². The molecule has 2 heteroatoms. The molecular weight excluding hydrogens is 162 g/mol. The Balaban J connectivity index is 2.51. The number of likely N-dealkylation sites (tertiary alicyclic amines) is 1. The lowest BCUT2D eigenvalue weighted by atomic mass is 10.1. The van der Waals surface area contributed by atoms with Gasteiger partial charge in [0.05, 0.1) is 0 Å². The van der Waals surface area contributed by atoms with E-state index in [2.05, 4.69) is 6.92 Å². The molecule has 13 heavy (non-hydrogen) atoms. The predicted octanol–water partition coefficient (Wildman–Crippen LogP) is 2.21. The van der Waals surface area contributed by atoms with Gasteiger partial charge in [-0.25, -0.2) is 0 Å². The van der Waals surface area contributed by atoms with Crippen LogP contribution in [0.25, 0.3) is 0 Å². The van der Waals surface area contributed by atoms with Gasteiger partial charge in [-0.15, -0.1) is 0 Å². The fourth-order valence-electron chi connectivity index (χ4n) is 1.80. The molecular formula is C11H19NO. The summed E-state index contributed by atoms with van der Waals surface area (Å²) in [7, 11) is 0. The van der Waals surface area contributed by atoms with Crippen LogP contribution in [0.4, 0.5) is 0 Å². The van der Waals surface area contributed by atoms with E-state index >= 15 is 0 Å². The van der Waals surface area contributed by atoms with E-state index in [0.29, 0.717) is 5.92 Å². The van der Waals surface area contributed by atoms with Crippen LogP contribution < -0.4 is 0 Å². The van der Waals surface area contributed by atoms with E-state index in [1.54, 1.807) is 6.08 Å². The van der Waals surface area contributed by atoms with E-state index in [-0.39, 0.29) is 5.91 Å². The third kappa shape index (κ3) is 3.21. The summed E-state index contributed by atoms with van der Waals surface area (Å²) in [5.74, 6) is 0.841. The highest BCUT2D eigenvalue weighted by Gasteiger charge is 2.16. The average Bonchev–Trinajstić information content (AvgIpc) is 2.30. The first-order chi connectivity index (χ1) is 6.24. The fourth-order valence-corrected chi connectivity index (χ4v) is 1.80. The number of carbonyl (C=O) groups is 1. The molecule has 1 saturated heterocycles. The topological polar surface area (TPSA) is 20.3 Å². The Bertz CT molecular complexity index is 198. The van der Waals surface area contributed by atoms with Crippen molar-refractivity contribution in [3.05, 3.63) is 12.2 Å².